The quantitative estimate of drug-likeness (QED) is 0.847. The fraction of sp³-hybridized carbons (Fsp3) is 0.231. The number of esters is 1. The molecule has 0 spiro atoms. The van der Waals surface area contributed by atoms with Crippen molar-refractivity contribution in [2.24, 2.45) is 0 Å². The minimum Gasteiger partial charge on any atom is -0.461 e. The van der Waals surface area contributed by atoms with Crippen LogP contribution in [0.3, 0.4) is 0 Å². The summed E-state index contributed by atoms with van der Waals surface area (Å²) in [5.74, 6) is -0.843. The number of hydrogen-bond acceptors (Lipinski definition) is 6. The third-order valence-corrected chi connectivity index (χ3v) is 3.19. The van der Waals surface area contributed by atoms with Crippen LogP contribution in [0.1, 0.15) is 32.8 Å². The number of nitrogens with one attached hydrogen (secondary N) is 1. The lowest BCUT2D eigenvalue weighted by molar-refractivity contribution is 0.0526. The maximum absolute atomic E-state index is 11.9. The Bertz CT molecular complexity index is 598. The fourth-order valence-corrected chi connectivity index (χ4v) is 2.13. The lowest BCUT2D eigenvalue weighted by Crippen LogP contribution is -2.23. The Morgan fingerprint density at radius 2 is 2.30 bits per heavy atom. The number of nitrogens with zero attached hydrogens (tertiary/aromatic N) is 2. The van der Waals surface area contributed by atoms with Crippen LogP contribution in [0.15, 0.2) is 29.9 Å². The molecule has 0 fully saturated rings. The van der Waals surface area contributed by atoms with Crippen molar-refractivity contribution < 1.29 is 14.3 Å². The van der Waals surface area contributed by atoms with Gasteiger partial charge in [-0.15, -0.1) is 11.3 Å². The molecule has 0 aliphatic heterocycles. The zero-order valence-electron chi connectivity index (χ0n) is 10.8. The lowest BCUT2D eigenvalue weighted by Gasteiger charge is -2.02. The van der Waals surface area contributed by atoms with Gasteiger partial charge in [0.15, 0.2) is 0 Å². The van der Waals surface area contributed by atoms with Crippen LogP contribution in [0.2, 0.25) is 0 Å². The summed E-state index contributed by atoms with van der Waals surface area (Å²) in [5.41, 5.74) is 1.10. The van der Waals surface area contributed by atoms with Gasteiger partial charge >= 0.3 is 5.97 Å². The molecule has 2 heterocycles. The molecule has 2 rings (SSSR count). The summed E-state index contributed by atoms with van der Waals surface area (Å²) in [6.45, 7) is 2.35. The van der Waals surface area contributed by atoms with E-state index in [1.807, 2.05) is 6.07 Å². The van der Waals surface area contributed by atoms with E-state index < -0.39 is 5.97 Å². The number of hydrogen-bond donors (Lipinski definition) is 1. The number of ether oxygens (including phenoxy) is 1. The van der Waals surface area contributed by atoms with Gasteiger partial charge in [-0.3, -0.25) is 9.78 Å². The average molecular weight is 291 g/mol. The van der Waals surface area contributed by atoms with Gasteiger partial charge in [-0.05, 0) is 18.6 Å². The fourth-order valence-electron chi connectivity index (χ4n) is 1.44. The number of aromatic nitrogens is 2. The first-order chi connectivity index (χ1) is 9.70. The zero-order valence-corrected chi connectivity index (χ0v) is 11.6. The van der Waals surface area contributed by atoms with Gasteiger partial charge in [-0.25, -0.2) is 9.78 Å². The van der Waals surface area contributed by atoms with E-state index in [0.29, 0.717) is 6.54 Å². The van der Waals surface area contributed by atoms with E-state index in [1.54, 1.807) is 25.4 Å². The van der Waals surface area contributed by atoms with Crippen molar-refractivity contribution >= 4 is 23.2 Å². The number of carbonyl (C=O) groups excluding carboxylic acids is 2. The van der Waals surface area contributed by atoms with Gasteiger partial charge in [-0.2, -0.15) is 0 Å². The number of pyridine rings is 1. The number of amides is 1. The zero-order chi connectivity index (χ0) is 14.4. The summed E-state index contributed by atoms with van der Waals surface area (Å²) < 4.78 is 4.82. The molecule has 1 N–H and O–H groups in total. The molecular formula is C13H13N3O3S. The minimum atomic E-state index is -0.510. The van der Waals surface area contributed by atoms with E-state index in [9.17, 15) is 9.59 Å². The van der Waals surface area contributed by atoms with E-state index in [-0.39, 0.29) is 23.2 Å². The van der Waals surface area contributed by atoms with E-state index in [2.05, 4.69) is 15.3 Å². The molecule has 7 heteroatoms. The van der Waals surface area contributed by atoms with Gasteiger partial charge in [-0.1, -0.05) is 6.07 Å². The first-order valence-corrected chi connectivity index (χ1v) is 6.88. The normalized spacial score (nSPS) is 10.1. The Morgan fingerprint density at radius 3 is 3.00 bits per heavy atom. The van der Waals surface area contributed by atoms with Crippen LogP contribution >= 0.6 is 11.3 Å². The molecule has 0 radical (unpaired) electrons. The Labute approximate surface area is 119 Å². The van der Waals surface area contributed by atoms with Crippen molar-refractivity contribution in [3.8, 4) is 0 Å². The third-order valence-electron chi connectivity index (χ3n) is 2.36. The van der Waals surface area contributed by atoms with Gasteiger partial charge in [0.25, 0.3) is 5.91 Å². The molecule has 0 saturated carbocycles. The van der Waals surface area contributed by atoms with Crippen LogP contribution < -0.4 is 5.32 Å². The summed E-state index contributed by atoms with van der Waals surface area (Å²) >= 11 is 1.09. The molecule has 0 bridgehead atoms. The van der Waals surface area contributed by atoms with Gasteiger partial charge in [0.2, 0.25) is 5.01 Å². The maximum atomic E-state index is 11.9. The van der Waals surface area contributed by atoms with Crippen LogP contribution in [-0.2, 0) is 11.3 Å². The van der Waals surface area contributed by atoms with E-state index in [1.165, 1.54) is 5.38 Å². The molecule has 0 aliphatic carbocycles. The molecule has 0 aliphatic rings. The molecule has 2 aromatic rings. The Kier molecular flexibility index (Phi) is 4.78. The second-order valence-corrected chi connectivity index (χ2v) is 4.66. The average Bonchev–Trinajstić information content (AvgIpc) is 2.96. The highest BCUT2D eigenvalue weighted by atomic mass is 32.1. The van der Waals surface area contributed by atoms with Gasteiger partial charge in [0, 0.05) is 24.3 Å². The second-order valence-electron chi connectivity index (χ2n) is 3.80. The monoisotopic (exact) mass is 291 g/mol. The summed E-state index contributed by atoms with van der Waals surface area (Å²) in [5, 5.41) is 4.42. The largest absolute Gasteiger partial charge is 0.461 e. The van der Waals surface area contributed by atoms with Crippen molar-refractivity contribution in [2.75, 3.05) is 6.61 Å². The lowest BCUT2D eigenvalue weighted by atomic mass is 10.3. The van der Waals surface area contributed by atoms with E-state index >= 15 is 0 Å². The molecule has 20 heavy (non-hydrogen) atoms. The van der Waals surface area contributed by atoms with E-state index in [4.69, 9.17) is 4.74 Å². The maximum Gasteiger partial charge on any atom is 0.367 e. The predicted octanol–water partition coefficient (Wildman–Crippen LogP) is 1.64. The highest BCUT2D eigenvalue weighted by Crippen LogP contribution is 2.11. The van der Waals surface area contributed by atoms with Gasteiger partial charge in [0.05, 0.1) is 6.61 Å². The summed E-state index contributed by atoms with van der Waals surface area (Å²) in [6, 6.07) is 3.65. The van der Waals surface area contributed by atoms with Gasteiger partial charge < -0.3 is 10.1 Å². The Morgan fingerprint density at radius 1 is 1.45 bits per heavy atom. The topological polar surface area (TPSA) is 81.2 Å². The Hall–Kier alpha value is -2.28. The molecule has 2 aromatic heterocycles. The van der Waals surface area contributed by atoms with Crippen molar-refractivity contribution in [2.45, 2.75) is 13.5 Å². The molecule has 104 valence electrons. The van der Waals surface area contributed by atoms with Crippen LogP contribution in [0.5, 0.6) is 0 Å². The van der Waals surface area contributed by atoms with Crippen molar-refractivity contribution in [1.29, 1.82) is 0 Å². The number of rotatable bonds is 5. The molecule has 0 aromatic carbocycles. The summed E-state index contributed by atoms with van der Waals surface area (Å²) in [4.78, 5) is 31.2. The standard InChI is InChI=1S/C13H13N3O3S/c1-2-19-13(18)12-16-10(8-20-12)11(17)15-7-9-4-3-5-14-6-9/h3-6,8H,2,7H2,1H3,(H,15,17). The summed E-state index contributed by atoms with van der Waals surface area (Å²) in [7, 11) is 0. The van der Waals surface area contributed by atoms with Crippen molar-refractivity contribution in [3.05, 3.63) is 46.2 Å². The van der Waals surface area contributed by atoms with Crippen LogP contribution in [-0.4, -0.2) is 28.5 Å². The van der Waals surface area contributed by atoms with Crippen LogP contribution in [0.25, 0.3) is 0 Å². The smallest absolute Gasteiger partial charge is 0.367 e. The third kappa shape index (κ3) is 3.61. The predicted molar refractivity (Wildman–Crippen MR) is 73.5 cm³/mol. The summed E-state index contributed by atoms with van der Waals surface area (Å²) in [6.07, 6.45) is 3.34. The SMILES string of the molecule is CCOC(=O)c1nc(C(=O)NCc2cccnc2)cs1. The van der Waals surface area contributed by atoms with E-state index in [0.717, 1.165) is 16.9 Å². The number of thiazole rings is 1. The molecule has 6 nitrogen and oxygen atoms in total. The first-order valence-electron chi connectivity index (χ1n) is 6.00. The van der Waals surface area contributed by atoms with Crippen LogP contribution in [0.4, 0.5) is 0 Å². The van der Waals surface area contributed by atoms with Crippen molar-refractivity contribution in [3.63, 3.8) is 0 Å². The first kappa shape index (κ1) is 14.1. The van der Waals surface area contributed by atoms with Gasteiger partial charge in [0.1, 0.15) is 5.69 Å². The Balaban J connectivity index is 1.94. The molecular weight excluding hydrogens is 278 g/mol. The molecule has 1 amide bonds. The van der Waals surface area contributed by atoms with Crippen LogP contribution in [0, 0.1) is 0 Å². The number of carbonyl (C=O) groups is 2. The molecule has 0 atom stereocenters. The molecule has 0 saturated heterocycles. The second kappa shape index (κ2) is 6.76. The van der Waals surface area contributed by atoms with Crippen molar-refractivity contribution in [1.82, 2.24) is 15.3 Å². The highest BCUT2D eigenvalue weighted by Gasteiger charge is 2.15. The highest BCUT2D eigenvalue weighted by molar-refractivity contribution is 7.11. The molecule has 0 unspecified atom stereocenters. The minimum absolute atomic E-state index is 0.179.